The molecule has 1 aliphatic rings. The average molecular weight is 447 g/mol. The first-order valence-corrected chi connectivity index (χ1v) is 8.87. The summed E-state index contributed by atoms with van der Waals surface area (Å²) in [6.45, 7) is 12.6. The van der Waals surface area contributed by atoms with Crippen LogP contribution < -0.4 is 7.85 Å². The Labute approximate surface area is 158 Å². The summed E-state index contributed by atoms with van der Waals surface area (Å²) in [7, 11) is 1.58. The zero-order chi connectivity index (χ0) is 18.7. The van der Waals surface area contributed by atoms with E-state index in [0.29, 0.717) is 24.3 Å². The standard InChI is InChI=1S/C14H16INO4.C2H6.C2H4/c1-3-20-14(18)11-6-7-16(15)12-8-9(19-2)4-5-10(12)13(11)17;2*1-2/h4-5,8,11H,3,6-7H2,1-2H3;1-2H3;1-2H2. The summed E-state index contributed by atoms with van der Waals surface area (Å²) in [6, 6.07) is 5.25. The summed E-state index contributed by atoms with van der Waals surface area (Å²) >= 11 is 2.14. The molecule has 0 amide bonds. The van der Waals surface area contributed by atoms with Gasteiger partial charge in [-0.25, -0.2) is 0 Å². The quantitative estimate of drug-likeness (QED) is 0.225. The van der Waals surface area contributed by atoms with Crippen molar-refractivity contribution < 1.29 is 19.1 Å². The van der Waals surface area contributed by atoms with Gasteiger partial charge in [0.25, 0.3) is 0 Å². The monoisotopic (exact) mass is 447 g/mol. The molecule has 1 aromatic rings. The molecule has 1 heterocycles. The highest BCUT2D eigenvalue weighted by atomic mass is 127. The van der Waals surface area contributed by atoms with Crippen molar-refractivity contribution in [3.05, 3.63) is 36.9 Å². The van der Waals surface area contributed by atoms with Gasteiger partial charge in [-0.2, -0.15) is 0 Å². The number of rotatable bonds is 3. The Kier molecular flexibility index (Phi) is 11.1. The Bertz CT molecular complexity index is 548. The number of hydrogen-bond donors (Lipinski definition) is 0. The molecule has 0 N–H and O–H groups in total. The van der Waals surface area contributed by atoms with Crippen LogP contribution in [0.2, 0.25) is 0 Å². The summed E-state index contributed by atoms with van der Waals surface area (Å²) in [4.78, 5) is 24.4. The number of benzene rings is 1. The first-order chi connectivity index (χ1) is 11.6. The Morgan fingerprint density at radius 3 is 2.54 bits per heavy atom. The molecule has 2 rings (SSSR count). The molecule has 24 heavy (non-hydrogen) atoms. The number of Topliss-reactive ketones (excluding diaryl/α,β-unsaturated/α-hetero) is 1. The van der Waals surface area contributed by atoms with E-state index < -0.39 is 11.9 Å². The molecule has 0 spiro atoms. The van der Waals surface area contributed by atoms with Crippen molar-refractivity contribution in [3.63, 3.8) is 0 Å². The lowest BCUT2D eigenvalue weighted by molar-refractivity contribution is -0.146. The Balaban J connectivity index is 0.00000123. The maximum Gasteiger partial charge on any atom is 0.316 e. The van der Waals surface area contributed by atoms with E-state index in [4.69, 9.17) is 9.47 Å². The van der Waals surface area contributed by atoms with Crippen LogP contribution in [0.3, 0.4) is 0 Å². The molecule has 1 atom stereocenters. The highest BCUT2D eigenvalue weighted by Gasteiger charge is 2.34. The Morgan fingerprint density at radius 2 is 2.00 bits per heavy atom. The van der Waals surface area contributed by atoms with E-state index in [9.17, 15) is 9.59 Å². The zero-order valence-electron chi connectivity index (χ0n) is 14.8. The van der Waals surface area contributed by atoms with Gasteiger partial charge in [0.2, 0.25) is 0 Å². The number of hydrogen-bond acceptors (Lipinski definition) is 5. The average Bonchev–Trinajstić information content (AvgIpc) is 2.76. The lowest BCUT2D eigenvalue weighted by Gasteiger charge is -2.16. The molecule has 6 heteroatoms. The fraction of sp³-hybridized carbons (Fsp3) is 0.444. The van der Waals surface area contributed by atoms with Crippen LogP contribution >= 0.6 is 22.9 Å². The number of carbonyl (C=O) groups excluding carboxylic acids is 2. The molecule has 0 saturated carbocycles. The van der Waals surface area contributed by atoms with Gasteiger partial charge in [0.1, 0.15) is 11.7 Å². The summed E-state index contributed by atoms with van der Waals surface area (Å²) < 4.78 is 12.1. The van der Waals surface area contributed by atoms with Crippen LogP contribution in [-0.2, 0) is 9.53 Å². The molecule has 0 aromatic heterocycles. The molecule has 0 saturated heterocycles. The molecule has 1 unspecified atom stereocenters. The Morgan fingerprint density at radius 1 is 1.38 bits per heavy atom. The third kappa shape index (κ3) is 5.51. The fourth-order valence-corrected chi connectivity index (χ4v) is 2.87. The van der Waals surface area contributed by atoms with Gasteiger partial charge >= 0.3 is 5.97 Å². The van der Waals surface area contributed by atoms with E-state index in [1.165, 1.54) is 0 Å². The number of halogens is 1. The molecule has 1 aromatic carbocycles. The van der Waals surface area contributed by atoms with Crippen LogP contribution in [0.4, 0.5) is 5.69 Å². The van der Waals surface area contributed by atoms with E-state index in [1.54, 1.807) is 26.2 Å². The SMILES string of the molecule is C=C.CC.CCOC(=O)C1CCN(I)c2cc(OC)ccc2C1=O. The molecule has 1 aliphatic heterocycles. The summed E-state index contributed by atoms with van der Waals surface area (Å²) in [6.07, 6.45) is 0.456. The van der Waals surface area contributed by atoms with Crippen molar-refractivity contribution in [2.24, 2.45) is 5.92 Å². The van der Waals surface area contributed by atoms with Gasteiger partial charge in [-0.3, -0.25) is 9.59 Å². The van der Waals surface area contributed by atoms with E-state index in [1.807, 2.05) is 23.0 Å². The number of ketones is 1. The van der Waals surface area contributed by atoms with Crippen molar-refractivity contribution in [1.29, 1.82) is 0 Å². The molecule has 0 radical (unpaired) electrons. The largest absolute Gasteiger partial charge is 0.497 e. The second kappa shape index (κ2) is 11.9. The highest BCUT2D eigenvalue weighted by Crippen LogP contribution is 2.34. The number of ether oxygens (including phenoxy) is 2. The number of fused-ring (bicyclic) bond motifs is 1. The van der Waals surface area contributed by atoms with E-state index in [0.717, 1.165) is 5.69 Å². The zero-order valence-corrected chi connectivity index (χ0v) is 17.0. The van der Waals surface area contributed by atoms with Gasteiger partial charge in [-0.1, -0.05) is 13.8 Å². The van der Waals surface area contributed by atoms with Crippen LogP contribution in [0.15, 0.2) is 31.4 Å². The highest BCUT2D eigenvalue weighted by molar-refractivity contribution is 14.1. The van der Waals surface area contributed by atoms with Gasteiger partial charge < -0.3 is 12.6 Å². The Hall–Kier alpha value is -1.57. The molecule has 134 valence electrons. The predicted octanol–water partition coefficient (Wildman–Crippen LogP) is 4.45. The molecular formula is C18H26INO4. The molecular weight excluding hydrogens is 421 g/mol. The summed E-state index contributed by atoms with van der Waals surface area (Å²) in [5.74, 6) is -0.652. The van der Waals surface area contributed by atoms with Crippen molar-refractivity contribution in [2.45, 2.75) is 27.2 Å². The molecule has 0 aliphatic carbocycles. The number of methoxy groups -OCH3 is 1. The third-order valence-electron chi connectivity index (χ3n) is 3.23. The summed E-state index contributed by atoms with van der Waals surface area (Å²) in [5.41, 5.74) is 1.32. The maximum atomic E-state index is 12.5. The maximum absolute atomic E-state index is 12.5. The van der Waals surface area contributed by atoms with Crippen molar-refractivity contribution in [3.8, 4) is 5.75 Å². The van der Waals surface area contributed by atoms with Crippen LogP contribution in [0.25, 0.3) is 0 Å². The number of carbonyl (C=O) groups is 2. The second-order valence-electron chi connectivity index (χ2n) is 4.43. The first-order valence-electron chi connectivity index (χ1n) is 7.90. The van der Waals surface area contributed by atoms with Crippen LogP contribution in [0.5, 0.6) is 5.75 Å². The number of anilines is 1. The minimum absolute atomic E-state index is 0.180. The lowest BCUT2D eigenvalue weighted by atomic mass is 9.95. The molecule has 5 nitrogen and oxygen atoms in total. The number of esters is 1. The van der Waals surface area contributed by atoms with Crippen LogP contribution in [0, 0.1) is 5.92 Å². The van der Waals surface area contributed by atoms with Crippen LogP contribution in [-0.4, -0.2) is 32.0 Å². The first kappa shape index (κ1) is 22.4. The van der Waals surface area contributed by atoms with Gasteiger partial charge in [0, 0.05) is 18.2 Å². The molecule has 0 fully saturated rings. The van der Waals surface area contributed by atoms with Gasteiger partial charge in [-0.15, -0.1) is 13.2 Å². The smallest absolute Gasteiger partial charge is 0.316 e. The van der Waals surface area contributed by atoms with Crippen LogP contribution in [0.1, 0.15) is 37.6 Å². The number of nitrogens with zero attached hydrogens (tertiary/aromatic N) is 1. The minimum atomic E-state index is -0.720. The second-order valence-corrected chi connectivity index (χ2v) is 5.59. The lowest BCUT2D eigenvalue weighted by Crippen LogP contribution is -2.26. The topological polar surface area (TPSA) is 55.8 Å². The third-order valence-corrected chi connectivity index (χ3v) is 4.24. The summed E-state index contributed by atoms with van der Waals surface area (Å²) in [5, 5.41) is 0. The van der Waals surface area contributed by atoms with Crippen molar-refractivity contribution in [1.82, 2.24) is 0 Å². The van der Waals surface area contributed by atoms with E-state index >= 15 is 0 Å². The van der Waals surface area contributed by atoms with Crippen molar-refractivity contribution in [2.75, 3.05) is 23.4 Å². The fourth-order valence-electron chi connectivity index (χ4n) is 2.20. The minimum Gasteiger partial charge on any atom is -0.497 e. The van der Waals surface area contributed by atoms with Gasteiger partial charge in [0.15, 0.2) is 5.78 Å². The molecule has 0 bridgehead atoms. The van der Waals surface area contributed by atoms with E-state index in [2.05, 4.69) is 36.0 Å². The van der Waals surface area contributed by atoms with Crippen molar-refractivity contribution >= 4 is 40.3 Å². The van der Waals surface area contributed by atoms with E-state index in [-0.39, 0.29) is 12.4 Å². The predicted molar refractivity (Wildman–Crippen MR) is 106 cm³/mol. The normalized spacial score (nSPS) is 15.6. The van der Waals surface area contributed by atoms with Gasteiger partial charge in [0.05, 0.1) is 42.3 Å². The van der Waals surface area contributed by atoms with Gasteiger partial charge in [-0.05, 0) is 25.5 Å².